The minimum atomic E-state index is -2.18. The van der Waals surface area contributed by atoms with Crippen molar-refractivity contribution in [1.82, 2.24) is 0 Å². The van der Waals surface area contributed by atoms with E-state index in [1.54, 1.807) is 6.08 Å². The SMILES string of the molecule is OC1C(c2ccccc2)=CC=CC1(O)O. The zero-order valence-electron chi connectivity index (χ0n) is 8.04. The van der Waals surface area contributed by atoms with Crippen molar-refractivity contribution in [1.29, 1.82) is 0 Å². The third kappa shape index (κ3) is 1.85. The van der Waals surface area contributed by atoms with Crippen LogP contribution in [-0.2, 0) is 0 Å². The van der Waals surface area contributed by atoms with Crippen molar-refractivity contribution in [2.24, 2.45) is 0 Å². The standard InChI is InChI=1S/C12H12O3/c13-11-10(7-4-8-12(11,14)15)9-5-2-1-3-6-9/h1-8,11,13-15H. The molecule has 1 aliphatic carbocycles. The van der Waals surface area contributed by atoms with Gasteiger partial charge in [0.2, 0.25) is 5.79 Å². The molecular weight excluding hydrogens is 192 g/mol. The third-order valence-corrected chi connectivity index (χ3v) is 2.42. The van der Waals surface area contributed by atoms with Gasteiger partial charge in [-0.3, -0.25) is 0 Å². The van der Waals surface area contributed by atoms with E-state index in [1.165, 1.54) is 6.08 Å². The topological polar surface area (TPSA) is 60.7 Å². The summed E-state index contributed by atoms with van der Waals surface area (Å²) in [7, 11) is 0. The van der Waals surface area contributed by atoms with Crippen LogP contribution in [0.3, 0.4) is 0 Å². The Morgan fingerprint density at radius 3 is 2.40 bits per heavy atom. The van der Waals surface area contributed by atoms with Crippen LogP contribution in [0.15, 0.2) is 48.6 Å². The van der Waals surface area contributed by atoms with Crippen molar-refractivity contribution < 1.29 is 15.3 Å². The van der Waals surface area contributed by atoms with Crippen molar-refractivity contribution in [2.75, 3.05) is 0 Å². The first kappa shape index (κ1) is 10.1. The highest BCUT2D eigenvalue weighted by atomic mass is 16.5. The molecule has 3 heteroatoms. The molecule has 0 spiro atoms. The number of rotatable bonds is 1. The largest absolute Gasteiger partial charge is 0.382 e. The maximum atomic E-state index is 9.73. The maximum absolute atomic E-state index is 9.73. The number of hydrogen-bond acceptors (Lipinski definition) is 3. The summed E-state index contributed by atoms with van der Waals surface area (Å²) in [4.78, 5) is 0. The van der Waals surface area contributed by atoms with Crippen molar-refractivity contribution >= 4 is 5.57 Å². The maximum Gasteiger partial charge on any atom is 0.214 e. The zero-order valence-corrected chi connectivity index (χ0v) is 8.04. The van der Waals surface area contributed by atoms with Gasteiger partial charge in [0.15, 0.2) is 0 Å². The van der Waals surface area contributed by atoms with Crippen LogP contribution in [0.5, 0.6) is 0 Å². The molecule has 0 saturated carbocycles. The molecule has 1 atom stereocenters. The van der Waals surface area contributed by atoms with Gasteiger partial charge in [-0.25, -0.2) is 0 Å². The number of aliphatic hydroxyl groups is 3. The lowest BCUT2D eigenvalue weighted by Crippen LogP contribution is -2.42. The monoisotopic (exact) mass is 204 g/mol. The predicted octanol–water partition coefficient (Wildman–Crippen LogP) is 0.682. The normalized spacial score (nSPS) is 23.7. The summed E-state index contributed by atoms with van der Waals surface area (Å²) in [5.74, 6) is -2.18. The van der Waals surface area contributed by atoms with Gasteiger partial charge in [-0.05, 0) is 17.2 Å². The molecule has 0 bridgehead atoms. The van der Waals surface area contributed by atoms with Gasteiger partial charge in [-0.2, -0.15) is 0 Å². The van der Waals surface area contributed by atoms with E-state index >= 15 is 0 Å². The molecule has 15 heavy (non-hydrogen) atoms. The van der Waals surface area contributed by atoms with E-state index in [9.17, 15) is 15.3 Å². The Balaban J connectivity index is 2.39. The third-order valence-electron chi connectivity index (χ3n) is 2.42. The lowest BCUT2D eigenvalue weighted by atomic mass is 9.91. The van der Waals surface area contributed by atoms with Gasteiger partial charge in [0, 0.05) is 0 Å². The molecule has 0 heterocycles. The van der Waals surface area contributed by atoms with Crippen molar-refractivity contribution in [3.63, 3.8) is 0 Å². The van der Waals surface area contributed by atoms with E-state index in [2.05, 4.69) is 0 Å². The molecule has 1 aliphatic rings. The van der Waals surface area contributed by atoms with Gasteiger partial charge in [-0.1, -0.05) is 42.5 Å². The highest BCUT2D eigenvalue weighted by Gasteiger charge is 2.35. The van der Waals surface area contributed by atoms with Gasteiger partial charge >= 0.3 is 0 Å². The molecule has 78 valence electrons. The van der Waals surface area contributed by atoms with Crippen LogP contribution >= 0.6 is 0 Å². The molecule has 2 rings (SSSR count). The van der Waals surface area contributed by atoms with E-state index in [-0.39, 0.29) is 0 Å². The van der Waals surface area contributed by atoms with Gasteiger partial charge < -0.3 is 15.3 Å². The fourth-order valence-corrected chi connectivity index (χ4v) is 1.59. The average Bonchev–Trinajstić information content (AvgIpc) is 2.23. The minimum absolute atomic E-state index is 0.503. The first-order valence-corrected chi connectivity index (χ1v) is 4.69. The molecule has 1 unspecified atom stereocenters. The minimum Gasteiger partial charge on any atom is -0.382 e. The molecule has 1 aromatic rings. The average molecular weight is 204 g/mol. The first-order valence-electron chi connectivity index (χ1n) is 4.69. The number of benzene rings is 1. The Hall–Kier alpha value is -1.42. The summed E-state index contributed by atoms with van der Waals surface area (Å²) >= 11 is 0. The summed E-state index contributed by atoms with van der Waals surface area (Å²) in [5.41, 5.74) is 1.28. The van der Waals surface area contributed by atoms with Crippen LogP contribution in [-0.4, -0.2) is 27.2 Å². The van der Waals surface area contributed by atoms with E-state index in [0.29, 0.717) is 5.57 Å². The van der Waals surface area contributed by atoms with Gasteiger partial charge in [-0.15, -0.1) is 0 Å². The summed E-state index contributed by atoms with van der Waals surface area (Å²) in [6, 6.07) is 9.14. The second-order valence-corrected chi connectivity index (χ2v) is 3.53. The smallest absolute Gasteiger partial charge is 0.214 e. The van der Waals surface area contributed by atoms with Crippen LogP contribution in [0, 0.1) is 0 Å². The fraction of sp³-hybridized carbons (Fsp3) is 0.167. The molecule has 3 N–H and O–H groups in total. The van der Waals surface area contributed by atoms with Crippen molar-refractivity contribution in [3.8, 4) is 0 Å². The van der Waals surface area contributed by atoms with E-state index in [0.717, 1.165) is 11.6 Å². The van der Waals surface area contributed by atoms with E-state index in [4.69, 9.17) is 0 Å². The second kappa shape index (κ2) is 3.62. The van der Waals surface area contributed by atoms with Gasteiger partial charge in [0.1, 0.15) is 6.10 Å². The molecule has 3 nitrogen and oxygen atoms in total. The molecule has 0 saturated heterocycles. The number of allylic oxidation sites excluding steroid dienone is 2. The van der Waals surface area contributed by atoms with Crippen LogP contribution < -0.4 is 0 Å². The molecule has 0 amide bonds. The predicted molar refractivity (Wildman–Crippen MR) is 56.7 cm³/mol. The zero-order chi connectivity index (χ0) is 10.9. The first-order chi connectivity index (χ1) is 7.11. The van der Waals surface area contributed by atoms with Gasteiger partial charge in [0.05, 0.1) is 0 Å². The van der Waals surface area contributed by atoms with Crippen LogP contribution in [0.25, 0.3) is 5.57 Å². The summed E-state index contributed by atoms with van der Waals surface area (Å²) in [5, 5.41) is 28.6. The quantitative estimate of drug-likeness (QED) is 0.589. The summed E-state index contributed by atoms with van der Waals surface area (Å²) in [6.07, 6.45) is 3.04. The Kier molecular flexibility index (Phi) is 2.44. The van der Waals surface area contributed by atoms with Crippen LogP contribution in [0.2, 0.25) is 0 Å². The highest BCUT2D eigenvalue weighted by Crippen LogP contribution is 2.28. The Bertz CT molecular complexity index is 404. The van der Waals surface area contributed by atoms with Crippen molar-refractivity contribution in [2.45, 2.75) is 11.9 Å². The Morgan fingerprint density at radius 2 is 1.73 bits per heavy atom. The lowest BCUT2D eigenvalue weighted by molar-refractivity contribution is -0.170. The fourth-order valence-electron chi connectivity index (χ4n) is 1.59. The van der Waals surface area contributed by atoms with Crippen molar-refractivity contribution in [3.05, 3.63) is 54.1 Å². The molecular formula is C12H12O3. The summed E-state index contributed by atoms with van der Waals surface area (Å²) in [6.45, 7) is 0. The number of aliphatic hydroxyl groups excluding tert-OH is 1. The van der Waals surface area contributed by atoms with Gasteiger partial charge in [0.25, 0.3) is 0 Å². The molecule has 0 aliphatic heterocycles. The van der Waals surface area contributed by atoms with Crippen LogP contribution in [0.4, 0.5) is 0 Å². The molecule has 0 aromatic heterocycles. The second-order valence-electron chi connectivity index (χ2n) is 3.53. The Morgan fingerprint density at radius 1 is 1.07 bits per heavy atom. The summed E-state index contributed by atoms with van der Waals surface area (Å²) < 4.78 is 0. The van der Waals surface area contributed by atoms with Crippen LogP contribution in [0.1, 0.15) is 5.56 Å². The lowest BCUT2D eigenvalue weighted by Gasteiger charge is -2.28. The number of hydrogen-bond donors (Lipinski definition) is 3. The molecule has 0 radical (unpaired) electrons. The Labute approximate surface area is 87.6 Å². The van der Waals surface area contributed by atoms with E-state index < -0.39 is 11.9 Å². The molecule has 1 aromatic carbocycles. The molecule has 0 fully saturated rings. The highest BCUT2D eigenvalue weighted by molar-refractivity contribution is 5.72. The van der Waals surface area contributed by atoms with E-state index in [1.807, 2.05) is 30.3 Å².